The zero-order valence-electron chi connectivity index (χ0n) is 11.8. The first kappa shape index (κ1) is 11.7. The summed E-state index contributed by atoms with van der Waals surface area (Å²) < 4.78 is 0. The molecule has 4 heterocycles. The summed E-state index contributed by atoms with van der Waals surface area (Å²) in [6, 6.07) is 8.67. The molecule has 3 fully saturated rings. The van der Waals surface area contributed by atoms with Gasteiger partial charge in [0.2, 0.25) is 0 Å². The Morgan fingerprint density at radius 3 is 3.14 bits per heavy atom. The second-order valence-electron chi connectivity index (χ2n) is 6.60. The van der Waals surface area contributed by atoms with Gasteiger partial charge in [-0.15, -0.1) is 0 Å². The lowest BCUT2D eigenvalue weighted by atomic mass is 9.93. The fourth-order valence-electron chi connectivity index (χ4n) is 4.56. The normalized spacial score (nSPS) is 33.8. The molecule has 1 aromatic carbocycles. The van der Waals surface area contributed by atoms with E-state index in [0.717, 1.165) is 24.0 Å². The molecule has 2 aromatic rings. The van der Waals surface area contributed by atoms with Crippen LogP contribution in [-0.4, -0.2) is 57.6 Å². The molecule has 0 spiro atoms. The Morgan fingerprint density at radius 1 is 1.29 bits per heavy atom. The van der Waals surface area contributed by atoms with E-state index in [1.54, 1.807) is 0 Å². The molecule has 0 aliphatic carbocycles. The highest BCUT2D eigenvalue weighted by Gasteiger charge is 2.51. The molecule has 4 atom stereocenters. The highest BCUT2D eigenvalue weighted by molar-refractivity contribution is 6.05. The summed E-state index contributed by atoms with van der Waals surface area (Å²) in [6.07, 6.45) is 2.42. The summed E-state index contributed by atoms with van der Waals surface area (Å²) in [7, 11) is 0. The van der Waals surface area contributed by atoms with Crippen LogP contribution in [0.1, 0.15) is 23.3 Å². The van der Waals surface area contributed by atoms with Crippen molar-refractivity contribution in [2.45, 2.75) is 24.9 Å². The van der Waals surface area contributed by atoms with Crippen LogP contribution in [0.4, 0.5) is 0 Å². The summed E-state index contributed by atoms with van der Waals surface area (Å²) in [5.41, 5.74) is 1.53. The number of aromatic nitrogens is 2. The molecule has 1 aromatic heterocycles. The molecule has 3 aliphatic heterocycles. The van der Waals surface area contributed by atoms with E-state index in [4.69, 9.17) is 0 Å². The minimum Gasteiger partial charge on any atom is -0.328 e. The number of nitrogens with one attached hydrogen (secondary N) is 1. The number of carbonyl (C=O) groups is 1. The van der Waals surface area contributed by atoms with E-state index in [2.05, 4.69) is 20.0 Å². The lowest BCUT2D eigenvalue weighted by molar-refractivity contribution is 0.0258. The van der Waals surface area contributed by atoms with Gasteiger partial charge in [-0.1, -0.05) is 18.2 Å². The van der Waals surface area contributed by atoms with E-state index in [0.29, 0.717) is 23.7 Å². The Labute approximate surface area is 122 Å². The maximum atomic E-state index is 13.0. The fraction of sp³-hybridized carbons (Fsp3) is 0.500. The SMILES string of the molecule is O=C(c1n[nH]c2ccccc12)N1[C@H]2C[C@@H]3CCN(C2)C[C@@H]31. The summed E-state index contributed by atoms with van der Waals surface area (Å²) in [6.45, 7) is 3.31. The van der Waals surface area contributed by atoms with Crippen molar-refractivity contribution >= 4 is 16.8 Å². The average molecular weight is 282 g/mol. The maximum Gasteiger partial charge on any atom is 0.275 e. The van der Waals surface area contributed by atoms with Crippen molar-refractivity contribution in [3.05, 3.63) is 30.0 Å². The Morgan fingerprint density at radius 2 is 2.19 bits per heavy atom. The number of fused-ring (bicyclic) bond motifs is 3. The van der Waals surface area contributed by atoms with Gasteiger partial charge in [0, 0.05) is 30.6 Å². The van der Waals surface area contributed by atoms with Crippen molar-refractivity contribution in [1.29, 1.82) is 0 Å². The van der Waals surface area contributed by atoms with Crippen LogP contribution in [0.25, 0.3) is 10.9 Å². The minimum absolute atomic E-state index is 0.117. The molecule has 1 unspecified atom stereocenters. The van der Waals surface area contributed by atoms with E-state index in [9.17, 15) is 4.79 Å². The Kier molecular flexibility index (Phi) is 2.28. The molecule has 3 bridgehead atoms. The molecule has 21 heavy (non-hydrogen) atoms. The highest BCUT2D eigenvalue weighted by Crippen LogP contribution is 2.41. The predicted molar refractivity (Wildman–Crippen MR) is 79.0 cm³/mol. The molecule has 5 nitrogen and oxygen atoms in total. The zero-order chi connectivity index (χ0) is 14.0. The van der Waals surface area contributed by atoms with Crippen LogP contribution in [0.2, 0.25) is 0 Å². The molecular weight excluding hydrogens is 264 g/mol. The van der Waals surface area contributed by atoms with Crippen molar-refractivity contribution in [2.24, 2.45) is 5.92 Å². The minimum atomic E-state index is 0.117. The van der Waals surface area contributed by atoms with Gasteiger partial charge >= 0.3 is 0 Å². The van der Waals surface area contributed by atoms with Crippen LogP contribution in [0.5, 0.6) is 0 Å². The van der Waals surface area contributed by atoms with Crippen LogP contribution in [-0.2, 0) is 0 Å². The molecule has 5 heteroatoms. The molecule has 1 amide bonds. The first-order chi connectivity index (χ1) is 10.3. The number of hydrogen-bond acceptors (Lipinski definition) is 3. The predicted octanol–water partition coefficient (Wildman–Crippen LogP) is 1.48. The van der Waals surface area contributed by atoms with Gasteiger partial charge in [-0.2, -0.15) is 5.10 Å². The Hall–Kier alpha value is -1.88. The molecule has 5 rings (SSSR count). The van der Waals surface area contributed by atoms with E-state index in [1.807, 2.05) is 24.3 Å². The van der Waals surface area contributed by atoms with Gasteiger partial charge in [0.1, 0.15) is 0 Å². The third-order valence-electron chi connectivity index (χ3n) is 5.51. The fourth-order valence-corrected chi connectivity index (χ4v) is 4.56. The van der Waals surface area contributed by atoms with Gasteiger partial charge in [0.25, 0.3) is 5.91 Å². The number of piperidine rings is 1. The van der Waals surface area contributed by atoms with Crippen molar-refractivity contribution in [2.75, 3.05) is 19.6 Å². The molecule has 0 radical (unpaired) electrons. The molecule has 1 N–H and O–H groups in total. The summed E-state index contributed by atoms with van der Waals surface area (Å²) in [5, 5.41) is 8.23. The van der Waals surface area contributed by atoms with Gasteiger partial charge in [-0.05, 0) is 31.4 Å². The molecule has 3 saturated heterocycles. The standard InChI is InChI=1S/C16H18N4O/c21-16(15-12-3-1-2-4-13(12)17-18-15)20-11-7-10-5-6-19(8-11)9-14(10)20/h1-4,10-11,14H,5-9H2,(H,17,18)/t10-,11-,14-/m0/s1. The number of piperazine rings is 1. The first-order valence-electron chi connectivity index (χ1n) is 7.79. The van der Waals surface area contributed by atoms with Gasteiger partial charge < -0.3 is 4.90 Å². The van der Waals surface area contributed by atoms with Crippen LogP contribution in [0, 0.1) is 5.92 Å². The van der Waals surface area contributed by atoms with E-state index in [-0.39, 0.29) is 5.91 Å². The lowest BCUT2D eigenvalue weighted by Gasteiger charge is -2.44. The highest BCUT2D eigenvalue weighted by atomic mass is 16.2. The molecule has 0 saturated carbocycles. The van der Waals surface area contributed by atoms with Gasteiger partial charge in [-0.25, -0.2) is 0 Å². The molecular formula is C16H18N4O. The quantitative estimate of drug-likeness (QED) is 0.862. The Bertz CT molecular complexity index is 720. The largest absolute Gasteiger partial charge is 0.328 e. The number of carbonyl (C=O) groups excluding carboxylic acids is 1. The van der Waals surface area contributed by atoms with Crippen LogP contribution in [0.3, 0.4) is 0 Å². The number of nitrogens with zero attached hydrogens (tertiary/aromatic N) is 3. The number of benzene rings is 1. The van der Waals surface area contributed by atoms with Crippen LogP contribution < -0.4 is 0 Å². The smallest absolute Gasteiger partial charge is 0.275 e. The van der Waals surface area contributed by atoms with Gasteiger partial charge in [0.15, 0.2) is 5.69 Å². The number of para-hydroxylation sites is 1. The van der Waals surface area contributed by atoms with Crippen molar-refractivity contribution in [1.82, 2.24) is 20.0 Å². The second-order valence-corrected chi connectivity index (χ2v) is 6.60. The van der Waals surface area contributed by atoms with E-state index in [1.165, 1.54) is 19.4 Å². The van der Waals surface area contributed by atoms with E-state index >= 15 is 0 Å². The summed E-state index contributed by atoms with van der Waals surface area (Å²) in [4.78, 5) is 17.7. The number of rotatable bonds is 1. The third-order valence-corrected chi connectivity index (χ3v) is 5.51. The number of hydrogen-bond donors (Lipinski definition) is 1. The first-order valence-corrected chi connectivity index (χ1v) is 7.79. The number of H-pyrrole nitrogens is 1. The maximum absolute atomic E-state index is 13.0. The van der Waals surface area contributed by atoms with Crippen LogP contribution in [0.15, 0.2) is 24.3 Å². The zero-order valence-corrected chi connectivity index (χ0v) is 11.8. The second kappa shape index (κ2) is 4.07. The van der Waals surface area contributed by atoms with Crippen molar-refractivity contribution < 1.29 is 4.79 Å². The summed E-state index contributed by atoms with van der Waals surface area (Å²) in [5.74, 6) is 0.814. The van der Waals surface area contributed by atoms with Gasteiger partial charge in [-0.3, -0.25) is 14.8 Å². The average Bonchev–Trinajstić information content (AvgIpc) is 2.96. The van der Waals surface area contributed by atoms with Gasteiger partial charge in [0.05, 0.1) is 5.52 Å². The molecule has 3 aliphatic rings. The lowest BCUT2D eigenvalue weighted by Crippen LogP contribution is -2.58. The van der Waals surface area contributed by atoms with Crippen molar-refractivity contribution in [3.8, 4) is 0 Å². The summed E-state index contributed by atoms with van der Waals surface area (Å²) >= 11 is 0. The van der Waals surface area contributed by atoms with Crippen LogP contribution >= 0.6 is 0 Å². The molecule has 108 valence electrons. The number of amides is 1. The van der Waals surface area contributed by atoms with Crippen molar-refractivity contribution in [3.63, 3.8) is 0 Å². The van der Waals surface area contributed by atoms with E-state index < -0.39 is 0 Å². The monoisotopic (exact) mass is 282 g/mol. The Balaban J connectivity index is 1.55. The third kappa shape index (κ3) is 1.55. The topological polar surface area (TPSA) is 52.2 Å². The number of aromatic amines is 1.